The number of carbonyl (C=O) groups is 2. The Kier molecular flexibility index (Phi) is 6.81. The largest absolute Gasteiger partial charge is 0.509 e. The molecule has 6 rings (SSSR count). The molecule has 0 radical (unpaired) electrons. The van der Waals surface area contributed by atoms with Gasteiger partial charge in [-0.05, 0) is 24.6 Å². The summed E-state index contributed by atoms with van der Waals surface area (Å²) in [6.45, 7) is 2.02. The highest BCUT2D eigenvalue weighted by molar-refractivity contribution is 8.76. The second-order valence-electron chi connectivity index (χ2n) is 9.03. The Morgan fingerprint density at radius 2 is 1.92 bits per heavy atom. The maximum atomic E-state index is 13.6. The highest BCUT2D eigenvalue weighted by atomic mass is 33.1. The third-order valence-corrected chi connectivity index (χ3v) is 9.22. The molecule has 39 heavy (non-hydrogen) atoms. The number of pyridine rings is 2. The molecule has 1 atom stereocenters. The zero-order chi connectivity index (χ0) is 27.1. The van der Waals surface area contributed by atoms with Crippen LogP contribution in [0.1, 0.15) is 30.0 Å². The van der Waals surface area contributed by atoms with Crippen LogP contribution in [-0.2, 0) is 37.8 Å². The van der Waals surface area contributed by atoms with Crippen molar-refractivity contribution in [1.82, 2.24) is 9.55 Å². The number of aliphatic hydroxyl groups is 1. The van der Waals surface area contributed by atoms with Crippen molar-refractivity contribution >= 4 is 44.6 Å². The molecule has 5 heterocycles. The molecular formula is C26H24N2O9S2. The molecule has 1 N–H and O–H groups in total. The fourth-order valence-corrected chi connectivity index (χ4v) is 6.61. The van der Waals surface area contributed by atoms with Crippen LogP contribution in [0.2, 0.25) is 0 Å². The van der Waals surface area contributed by atoms with Gasteiger partial charge in [-0.3, -0.25) is 4.79 Å². The summed E-state index contributed by atoms with van der Waals surface area (Å²) < 4.78 is 28.7. The van der Waals surface area contributed by atoms with Crippen molar-refractivity contribution in [2.75, 3.05) is 31.5 Å². The predicted octanol–water partition coefficient (Wildman–Crippen LogP) is 3.34. The molecule has 11 nitrogen and oxygen atoms in total. The van der Waals surface area contributed by atoms with Gasteiger partial charge in [0.15, 0.2) is 11.5 Å². The topological polar surface area (TPSA) is 135 Å². The molecule has 0 saturated heterocycles. The minimum atomic E-state index is -1.83. The zero-order valence-electron chi connectivity index (χ0n) is 20.9. The van der Waals surface area contributed by atoms with Gasteiger partial charge in [-0.1, -0.05) is 28.5 Å². The lowest BCUT2D eigenvalue weighted by molar-refractivity contribution is -0.175. The van der Waals surface area contributed by atoms with Crippen LogP contribution >= 0.6 is 21.6 Å². The van der Waals surface area contributed by atoms with E-state index in [1.54, 1.807) is 23.6 Å². The average Bonchev–Trinajstić information content (AvgIpc) is 3.53. The lowest BCUT2D eigenvalue weighted by atomic mass is 9.85. The summed E-state index contributed by atoms with van der Waals surface area (Å²) >= 11 is 0. The Balaban J connectivity index is 1.35. The lowest BCUT2D eigenvalue weighted by Crippen LogP contribution is -2.47. The molecule has 0 aliphatic carbocycles. The van der Waals surface area contributed by atoms with Gasteiger partial charge in [0.1, 0.15) is 13.2 Å². The minimum Gasteiger partial charge on any atom is -0.457 e. The highest BCUT2D eigenvalue weighted by Gasteiger charge is 2.51. The van der Waals surface area contributed by atoms with E-state index in [-0.39, 0.29) is 49.7 Å². The van der Waals surface area contributed by atoms with Gasteiger partial charge in [0.2, 0.25) is 12.4 Å². The molecule has 3 aliphatic rings. The molecule has 13 heteroatoms. The van der Waals surface area contributed by atoms with E-state index < -0.39 is 17.7 Å². The number of aromatic nitrogens is 2. The van der Waals surface area contributed by atoms with Crippen LogP contribution in [-0.4, -0.2) is 58.3 Å². The number of esters is 1. The number of ether oxygens (including phenoxy) is 5. The van der Waals surface area contributed by atoms with Crippen LogP contribution < -0.4 is 15.0 Å². The first-order valence-corrected chi connectivity index (χ1v) is 14.8. The fraction of sp³-hybridized carbons (Fsp3) is 0.385. The Labute approximate surface area is 230 Å². The molecule has 0 saturated carbocycles. The average molecular weight is 573 g/mol. The van der Waals surface area contributed by atoms with Gasteiger partial charge >= 0.3 is 12.1 Å². The van der Waals surface area contributed by atoms with E-state index in [4.69, 9.17) is 33.8 Å². The van der Waals surface area contributed by atoms with Gasteiger partial charge in [0.05, 0.1) is 35.6 Å². The normalized spacial score (nSPS) is 18.4. The Bertz CT molecular complexity index is 1560. The van der Waals surface area contributed by atoms with Gasteiger partial charge < -0.3 is 33.4 Å². The van der Waals surface area contributed by atoms with Crippen LogP contribution in [0.3, 0.4) is 0 Å². The van der Waals surface area contributed by atoms with Crippen molar-refractivity contribution in [3.8, 4) is 22.9 Å². The second kappa shape index (κ2) is 10.3. The Morgan fingerprint density at radius 1 is 1.13 bits per heavy atom. The van der Waals surface area contributed by atoms with Crippen LogP contribution in [0, 0.1) is 0 Å². The minimum absolute atomic E-state index is 0.0411. The van der Waals surface area contributed by atoms with Crippen LogP contribution in [0.5, 0.6) is 11.5 Å². The maximum Gasteiger partial charge on any atom is 0.509 e. The smallest absolute Gasteiger partial charge is 0.457 e. The molecule has 0 spiro atoms. The first-order chi connectivity index (χ1) is 18.9. The van der Waals surface area contributed by atoms with E-state index in [2.05, 4.69) is 0 Å². The van der Waals surface area contributed by atoms with Crippen LogP contribution in [0.25, 0.3) is 22.3 Å². The van der Waals surface area contributed by atoms with Crippen molar-refractivity contribution in [2.24, 2.45) is 0 Å². The molecule has 3 aromatic rings. The molecule has 0 fully saturated rings. The summed E-state index contributed by atoms with van der Waals surface area (Å²) in [5.74, 6) is 1.52. The van der Waals surface area contributed by atoms with Gasteiger partial charge in [-0.25, -0.2) is 14.6 Å². The van der Waals surface area contributed by atoms with E-state index in [9.17, 15) is 14.4 Å². The standard InChI is InChI=1S/C26H24N2O9S2/c1-2-26(37-25(32)33-4-6-39-38-5-3-29)17-9-19-22-15(11-28(19)23(30)16(17)12-34-24(26)31)7-14-8-20-21(36-13-35-20)10-18(14)27-22/h7-10,29H,2-6,11-13H2,1H3/t26-/m0/s1. The van der Waals surface area contributed by atoms with Crippen molar-refractivity contribution in [2.45, 2.75) is 32.1 Å². The molecule has 0 bridgehead atoms. The van der Waals surface area contributed by atoms with Crippen molar-refractivity contribution in [3.05, 3.63) is 51.3 Å². The molecule has 204 valence electrons. The number of benzene rings is 1. The van der Waals surface area contributed by atoms with Crippen LogP contribution in [0.4, 0.5) is 4.79 Å². The quantitative estimate of drug-likeness (QED) is 0.188. The van der Waals surface area contributed by atoms with E-state index in [0.717, 1.165) is 10.9 Å². The number of carbonyl (C=O) groups excluding carboxylic acids is 2. The van der Waals surface area contributed by atoms with E-state index in [1.807, 2.05) is 12.1 Å². The number of rotatable bonds is 8. The summed E-state index contributed by atoms with van der Waals surface area (Å²) in [6.07, 6.45) is -0.991. The number of aliphatic hydroxyl groups excluding tert-OH is 1. The SMILES string of the molecule is CC[C@@]1(OC(=O)OCCSSCCO)C(=O)OCc2c1cc1n(c2=O)Cc2cc3cc4c(cc3nc2-1)OCO4. The van der Waals surface area contributed by atoms with Crippen molar-refractivity contribution < 1.29 is 38.4 Å². The maximum absolute atomic E-state index is 13.6. The lowest BCUT2D eigenvalue weighted by Gasteiger charge is -2.35. The van der Waals surface area contributed by atoms with E-state index in [1.165, 1.54) is 21.6 Å². The fourth-order valence-electron chi connectivity index (χ4n) is 5.02. The first kappa shape index (κ1) is 25.8. The van der Waals surface area contributed by atoms with Gasteiger partial charge in [-0.2, -0.15) is 0 Å². The first-order valence-electron chi connectivity index (χ1n) is 12.3. The number of fused-ring (bicyclic) bond motifs is 6. The van der Waals surface area contributed by atoms with Crippen LogP contribution in [0.15, 0.2) is 29.1 Å². The highest BCUT2D eigenvalue weighted by Crippen LogP contribution is 2.42. The summed E-state index contributed by atoms with van der Waals surface area (Å²) in [6, 6.07) is 7.32. The van der Waals surface area contributed by atoms with Gasteiger partial charge in [0, 0.05) is 34.1 Å². The number of cyclic esters (lactones) is 1. The third-order valence-electron chi connectivity index (χ3n) is 6.87. The van der Waals surface area contributed by atoms with E-state index >= 15 is 0 Å². The number of hydrogen-bond acceptors (Lipinski definition) is 12. The van der Waals surface area contributed by atoms with Gasteiger partial charge in [0.25, 0.3) is 5.56 Å². The molecule has 0 amide bonds. The van der Waals surface area contributed by atoms with Gasteiger partial charge in [-0.15, -0.1) is 0 Å². The van der Waals surface area contributed by atoms with Crippen molar-refractivity contribution in [1.29, 1.82) is 0 Å². The summed E-state index contributed by atoms with van der Waals surface area (Å²) in [7, 11) is 2.90. The monoisotopic (exact) mass is 572 g/mol. The Morgan fingerprint density at radius 3 is 2.72 bits per heavy atom. The number of nitrogens with zero attached hydrogens (tertiary/aromatic N) is 2. The summed E-state index contributed by atoms with van der Waals surface area (Å²) in [5.41, 5.74) is 1.01. The molecule has 3 aliphatic heterocycles. The molecular weight excluding hydrogens is 548 g/mol. The summed E-state index contributed by atoms with van der Waals surface area (Å²) in [5, 5.41) is 9.70. The zero-order valence-corrected chi connectivity index (χ0v) is 22.5. The number of hydrogen-bond donors (Lipinski definition) is 1. The molecule has 2 aromatic heterocycles. The second-order valence-corrected chi connectivity index (χ2v) is 11.7. The summed E-state index contributed by atoms with van der Waals surface area (Å²) in [4.78, 5) is 44.2. The molecule has 1 aromatic carbocycles. The Hall–Kier alpha value is -3.42. The molecule has 0 unspecified atom stereocenters. The van der Waals surface area contributed by atoms with E-state index in [0.29, 0.717) is 46.5 Å². The van der Waals surface area contributed by atoms with Crippen molar-refractivity contribution in [3.63, 3.8) is 0 Å². The predicted molar refractivity (Wildman–Crippen MR) is 143 cm³/mol. The third kappa shape index (κ3) is 4.38.